The number of benzene rings is 2. The first-order valence-electron chi connectivity index (χ1n) is 16.0. The molecule has 1 aromatic heterocycles. The predicted molar refractivity (Wildman–Crippen MR) is 172 cm³/mol. The summed E-state index contributed by atoms with van der Waals surface area (Å²) in [6.07, 6.45) is 5.00. The molecule has 2 fully saturated rings. The Balaban J connectivity index is 1.42. The third-order valence-electron chi connectivity index (χ3n) is 11.1. The largest absolute Gasteiger partial charge is 0.497 e. The molecule has 232 valence electrons. The Labute approximate surface area is 257 Å². The number of hydrogen-bond acceptors (Lipinski definition) is 4. The fraction of sp³-hybridized carbons (Fsp3) is 0.571. The number of ether oxygens (including phenoxy) is 1. The molecule has 3 aromatic rings. The summed E-state index contributed by atoms with van der Waals surface area (Å²) >= 11 is 0. The average Bonchev–Trinajstić information content (AvgIpc) is 3.32. The number of aromatic nitrogens is 1. The summed E-state index contributed by atoms with van der Waals surface area (Å²) in [6.45, 7) is 14.8. The number of methoxy groups -OCH3 is 1. The van der Waals surface area contributed by atoms with Gasteiger partial charge in [-0.2, -0.15) is 0 Å². The van der Waals surface area contributed by atoms with Crippen LogP contribution in [0.1, 0.15) is 75.7 Å². The lowest BCUT2D eigenvalue weighted by Gasteiger charge is -2.51. The van der Waals surface area contributed by atoms with Crippen molar-refractivity contribution in [3.05, 3.63) is 65.1 Å². The zero-order chi connectivity index (χ0) is 30.6. The van der Waals surface area contributed by atoms with Gasteiger partial charge in [0.05, 0.1) is 19.8 Å². The van der Waals surface area contributed by atoms with Crippen molar-refractivity contribution in [2.75, 3.05) is 33.4 Å². The molecule has 3 heterocycles. The summed E-state index contributed by atoms with van der Waals surface area (Å²) in [5.41, 5.74) is 4.13. The van der Waals surface area contributed by atoms with Gasteiger partial charge in [0, 0.05) is 65.7 Å². The van der Waals surface area contributed by atoms with Gasteiger partial charge in [-0.05, 0) is 67.6 Å². The maximum Gasteiger partial charge on any atom is 0.225 e. The Morgan fingerprint density at radius 1 is 1.12 bits per heavy atom. The van der Waals surface area contributed by atoms with E-state index in [0.29, 0.717) is 24.6 Å². The third-order valence-corrected chi connectivity index (χ3v) is 15.6. The van der Waals surface area contributed by atoms with Crippen LogP contribution in [0.25, 0.3) is 10.9 Å². The van der Waals surface area contributed by atoms with E-state index >= 15 is 4.39 Å². The molecule has 1 unspecified atom stereocenters. The molecule has 6 rings (SSSR count). The molecule has 2 aromatic carbocycles. The van der Waals surface area contributed by atoms with E-state index in [1.165, 1.54) is 23.1 Å². The highest BCUT2D eigenvalue weighted by molar-refractivity contribution is 6.74. The molecular formula is C35H48FN3O3Si. The number of likely N-dealkylation sites (tertiary alicyclic amines) is 1. The minimum Gasteiger partial charge on any atom is -0.497 e. The van der Waals surface area contributed by atoms with E-state index in [0.717, 1.165) is 56.6 Å². The average molecular weight is 606 g/mol. The van der Waals surface area contributed by atoms with E-state index in [1.807, 2.05) is 18.2 Å². The number of H-pyrrole nitrogens is 1. The van der Waals surface area contributed by atoms with Gasteiger partial charge in [-0.1, -0.05) is 45.4 Å². The van der Waals surface area contributed by atoms with Crippen molar-refractivity contribution in [1.82, 2.24) is 14.8 Å². The SMILES string of the molecule is COc1ccc2c3c([nH]c2c1)C(CO[Si](C)(C)C(C)(C)C)N(Cc1ccccc1F)CC31CCN(C(=O)C2CCC2)CC1. The molecule has 1 atom stereocenters. The zero-order valence-electron chi connectivity index (χ0n) is 26.8. The maximum absolute atomic E-state index is 15.1. The number of fused-ring (bicyclic) bond motifs is 4. The monoisotopic (exact) mass is 605 g/mol. The third kappa shape index (κ3) is 5.55. The normalized spacial score (nSPS) is 21.2. The molecule has 1 aliphatic carbocycles. The summed E-state index contributed by atoms with van der Waals surface area (Å²) in [6, 6.07) is 13.4. The molecular weight excluding hydrogens is 557 g/mol. The first-order valence-corrected chi connectivity index (χ1v) is 18.9. The number of carbonyl (C=O) groups is 1. The van der Waals surface area contributed by atoms with Gasteiger partial charge in [0.25, 0.3) is 0 Å². The highest BCUT2D eigenvalue weighted by Crippen LogP contribution is 2.50. The minimum absolute atomic E-state index is 0.0533. The Morgan fingerprint density at radius 2 is 1.84 bits per heavy atom. The Hall–Kier alpha value is -2.68. The number of rotatable bonds is 7. The van der Waals surface area contributed by atoms with Crippen molar-refractivity contribution in [3.8, 4) is 5.75 Å². The summed E-state index contributed by atoms with van der Waals surface area (Å²) in [5.74, 6) is 1.20. The molecule has 1 spiro atoms. The van der Waals surface area contributed by atoms with E-state index in [2.05, 4.69) is 60.8 Å². The van der Waals surface area contributed by atoms with Crippen molar-refractivity contribution in [2.45, 2.75) is 89.0 Å². The predicted octanol–water partition coefficient (Wildman–Crippen LogP) is 7.55. The van der Waals surface area contributed by atoms with Gasteiger partial charge in [-0.15, -0.1) is 0 Å². The second kappa shape index (κ2) is 11.3. The summed E-state index contributed by atoms with van der Waals surface area (Å²) < 4.78 is 27.6. The van der Waals surface area contributed by atoms with Crippen molar-refractivity contribution >= 4 is 25.1 Å². The van der Waals surface area contributed by atoms with E-state index in [1.54, 1.807) is 19.2 Å². The first-order chi connectivity index (χ1) is 20.4. The van der Waals surface area contributed by atoms with E-state index < -0.39 is 8.32 Å². The summed E-state index contributed by atoms with van der Waals surface area (Å²) in [4.78, 5) is 21.6. The van der Waals surface area contributed by atoms with Crippen LogP contribution in [0.3, 0.4) is 0 Å². The van der Waals surface area contributed by atoms with Crippen LogP contribution in [0.4, 0.5) is 4.39 Å². The first kappa shape index (κ1) is 30.3. The highest BCUT2D eigenvalue weighted by Gasteiger charge is 2.49. The second-order valence-electron chi connectivity index (χ2n) is 14.6. The van der Waals surface area contributed by atoms with Crippen LogP contribution in [0.5, 0.6) is 5.75 Å². The van der Waals surface area contributed by atoms with Gasteiger partial charge in [0.15, 0.2) is 8.32 Å². The fourth-order valence-electron chi connectivity index (χ4n) is 7.09. The van der Waals surface area contributed by atoms with Gasteiger partial charge < -0.3 is 19.0 Å². The molecule has 1 amide bonds. The van der Waals surface area contributed by atoms with Gasteiger partial charge in [0.1, 0.15) is 11.6 Å². The Bertz CT molecular complexity index is 1480. The molecule has 0 radical (unpaired) electrons. The number of nitrogens with one attached hydrogen (secondary N) is 1. The van der Waals surface area contributed by atoms with Crippen molar-refractivity contribution < 1.29 is 18.3 Å². The van der Waals surface area contributed by atoms with E-state index in [9.17, 15) is 4.79 Å². The molecule has 2 aliphatic heterocycles. The van der Waals surface area contributed by atoms with Crippen molar-refractivity contribution in [3.63, 3.8) is 0 Å². The molecule has 1 saturated carbocycles. The lowest BCUT2D eigenvalue weighted by atomic mass is 9.68. The lowest BCUT2D eigenvalue weighted by molar-refractivity contribution is -0.140. The van der Waals surface area contributed by atoms with Crippen LogP contribution in [-0.4, -0.2) is 62.4 Å². The summed E-state index contributed by atoms with van der Waals surface area (Å²) in [7, 11) is -0.353. The number of nitrogens with zero attached hydrogens (tertiary/aromatic N) is 2. The molecule has 1 saturated heterocycles. The summed E-state index contributed by atoms with van der Waals surface area (Å²) in [5, 5.41) is 1.30. The second-order valence-corrected chi connectivity index (χ2v) is 19.5. The molecule has 43 heavy (non-hydrogen) atoms. The standard InChI is InChI=1S/C35H48FN3O3Si/c1-34(2,3)43(5,6)42-22-30-32-31(27-15-14-26(41-4)20-29(27)37-32)35(23-39(30)21-25-10-7-8-13-28(25)36)16-18-38(19-17-35)33(40)24-11-9-12-24/h7-8,10,13-15,20,24,30,37H,9,11-12,16-19,21-23H2,1-6H3. The number of hydrogen-bond donors (Lipinski definition) is 1. The topological polar surface area (TPSA) is 57.8 Å². The van der Waals surface area contributed by atoms with Crippen LogP contribution in [0.2, 0.25) is 18.1 Å². The lowest BCUT2D eigenvalue weighted by Crippen LogP contribution is -2.55. The van der Waals surface area contributed by atoms with Crippen LogP contribution in [0.15, 0.2) is 42.5 Å². The minimum atomic E-state index is -2.05. The number of halogens is 1. The Kier molecular flexibility index (Phi) is 8.01. The quantitative estimate of drug-likeness (QED) is 0.283. The van der Waals surface area contributed by atoms with Gasteiger partial charge in [0.2, 0.25) is 5.91 Å². The molecule has 3 aliphatic rings. The van der Waals surface area contributed by atoms with Crippen molar-refractivity contribution in [2.24, 2.45) is 5.92 Å². The van der Waals surface area contributed by atoms with Crippen LogP contribution < -0.4 is 4.74 Å². The number of carbonyl (C=O) groups excluding carboxylic acids is 1. The molecule has 1 N–H and O–H groups in total. The van der Waals surface area contributed by atoms with Crippen LogP contribution in [-0.2, 0) is 21.2 Å². The van der Waals surface area contributed by atoms with Gasteiger partial charge in [-0.25, -0.2) is 4.39 Å². The Morgan fingerprint density at radius 3 is 2.47 bits per heavy atom. The number of aromatic amines is 1. The maximum atomic E-state index is 15.1. The smallest absolute Gasteiger partial charge is 0.225 e. The zero-order valence-corrected chi connectivity index (χ0v) is 27.8. The number of piperidine rings is 1. The molecule has 6 nitrogen and oxygen atoms in total. The van der Waals surface area contributed by atoms with Gasteiger partial charge >= 0.3 is 0 Å². The van der Waals surface area contributed by atoms with Crippen LogP contribution in [0, 0.1) is 11.7 Å². The van der Waals surface area contributed by atoms with E-state index in [-0.39, 0.29) is 28.2 Å². The highest BCUT2D eigenvalue weighted by atomic mass is 28.4. The van der Waals surface area contributed by atoms with Crippen molar-refractivity contribution in [1.29, 1.82) is 0 Å². The fourth-order valence-corrected chi connectivity index (χ4v) is 8.09. The van der Waals surface area contributed by atoms with E-state index in [4.69, 9.17) is 9.16 Å². The molecule has 0 bridgehead atoms. The number of amides is 1. The molecule has 8 heteroatoms. The van der Waals surface area contributed by atoms with Gasteiger partial charge in [-0.3, -0.25) is 9.69 Å². The van der Waals surface area contributed by atoms with Crippen LogP contribution >= 0.6 is 0 Å².